The molecule has 0 spiro atoms. The van der Waals surface area contributed by atoms with Crippen LogP contribution in [-0.2, 0) is 4.79 Å². The van der Waals surface area contributed by atoms with Gasteiger partial charge in [0.1, 0.15) is 0 Å². The summed E-state index contributed by atoms with van der Waals surface area (Å²) in [5, 5.41) is 0. The van der Waals surface area contributed by atoms with Crippen molar-refractivity contribution in [2.45, 2.75) is 13.0 Å². The molecule has 2 heterocycles. The Bertz CT molecular complexity index is 416. The van der Waals surface area contributed by atoms with Crippen LogP contribution in [0.25, 0.3) is 0 Å². The molecule has 0 unspecified atom stereocenters. The number of halogens is 1. The molecule has 7 heteroatoms. The van der Waals surface area contributed by atoms with E-state index in [1.807, 2.05) is 6.92 Å². The number of hydrogen-bond donors (Lipinski definition) is 1. The maximum absolute atomic E-state index is 11.1. The molecular formula is C11H16BrN5O. The molecule has 0 aliphatic carbocycles. The Kier molecular flexibility index (Phi) is 4.13. The van der Waals surface area contributed by atoms with Gasteiger partial charge in [0.25, 0.3) is 0 Å². The molecule has 6 nitrogen and oxygen atoms in total. The van der Waals surface area contributed by atoms with E-state index in [0.29, 0.717) is 0 Å². The normalized spacial score (nSPS) is 18.7. The van der Waals surface area contributed by atoms with Crippen LogP contribution in [0.15, 0.2) is 16.9 Å². The van der Waals surface area contributed by atoms with E-state index in [4.69, 9.17) is 5.73 Å². The maximum Gasteiger partial charge on any atom is 0.234 e. The van der Waals surface area contributed by atoms with Gasteiger partial charge in [-0.1, -0.05) is 0 Å². The first kappa shape index (κ1) is 13.2. The summed E-state index contributed by atoms with van der Waals surface area (Å²) in [5.41, 5.74) is 5.31. The van der Waals surface area contributed by atoms with Crippen LogP contribution < -0.4 is 10.6 Å². The summed E-state index contributed by atoms with van der Waals surface area (Å²) in [6.45, 7) is 5.04. The van der Waals surface area contributed by atoms with Gasteiger partial charge < -0.3 is 10.6 Å². The largest absolute Gasteiger partial charge is 0.368 e. The first-order valence-electron chi connectivity index (χ1n) is 5.84. The van der Waals surface area contributed by atoms with Crippen molar-refractivity contribution in [3.8, 4) is 0 Å². The number of piperazine rings is 1. The number of carbonyl (C=O) groups is 1. The molecule has 1 aromatic rings. The number of carbonyl (C=O) groups excluding carboxylic acids is 1. The Morgan fingerprint density at radius 2 is 1.89 bits per heavy atom. The number of rotatable bonds is 3. The fourth-order valence-electron chi connectivity index (χ4n) is 1.96. The minimum atomic E-state index is -0.275. The van der Waals surface area contributed by atoms with Crippen LogP contribution in [-0.4, -0.2) is 53.0 Å². The molecule has 0 bridgehead atoms. The van der Waals surface area contributed by atoms with E-state index < -0.39 is 0 Å². The number of nitrogens with zero attached hydrogens (tertiary/aromatic N) is 4. The molecule has 1 atom stereocenters. The van der Waals surface area contributed by atoms with Gasteiger partial charge in [0, 0.05) is 38.6 Å². The summed E-state index contributed by atoms with van der Waals surface area (Å²) in [7, 11) is 0. The lowest BCUT2D eigenvalue weighted by Gasteiger charge is -2.36. The second-order valence-corrected chi connectivity index (χ2v) is 5.22. The van der Waals surface area contributed by atoms with Gasteiger partial charge in [0.2, 0.25) is 11.9 Å². The summed E-state index contributed by atoms with van der Waals surface area (Å²) in [6, 6.07) is -0.210. The number of amides is 1. The van der Waals surface area contributed by atoms with E-state index >= 15 is 0 Å². The van der Waals surface area contributed by atoms with Gasteiger partial charge in [0.05, 0.1) is 10.5 Å². The van der Waals surface area contributed by atoms with Crippen LogP contribution in [0.4, 0.5) is 5.95 Å². The zero-order chi connectivity index (χ0) is 13.1. The number of hydrogen-bond acceptors (Lipinski definition) is 5. The molecule has 2 N–H and O–H groups in total. The van der Waals surface area contributed by atoms with Gasteiger partial charge in [-0.25, -0.2) is 9.97 Å². The highest BCUT2D eigenvalue weighted by Crippen LogP contribution is 2.14. The van der Waals surface area contributed by atoms with Crippen molar-refractivity contribution in [1.29, 1.82) is 0 Å². The molecule has 0 aromatic carbocycles. The number of aromatic nitrogens is 2. The van der Waals surface area contributed by atoms with Crippen molar-refractivity contribution in [3.05, 3.63) is 16.9 Å². The van der Waals surface area contributed by atoms with Crippen LogP contribution in [0, 0.1) is 0 Å². The Morgan fingerprint density at radius 1 is 1.33 bits per heavy atom. The lowest BCUT2D eigenvalue weighted by atomic mass is 10.2. The monoisotopic (exact) mass is 313 g/mol. The van der Waals surface area contributed by atoms with E-state index in [1.165, 1.54) is 0 Å². The molecule has 18 heavy (non-hydrogen) atoms. The molecule has 1 aliphatic rings. The quantitative estimate of drug-likeness (QED) is 0.865. The zero-order valence-electron chi connectivity index (χ0n) is 10.2. The summed E-state index contributed by atoms with van der Waals surface area (Å²) >= 11 is 3.31. The van der Waals surface area contributed by atoms with Gasteiger partial charge in [-0.2, -0.15) is 0 Å². The molecule has 2 rings (SSSR count). The minimum Gasteiger partial charge on any atom is -0.368 e. The average Bonchev–Trinajstić information content (AvgIpc) is 2.39. The number of primary amides is 1. The lowest BCUT2D eigenvalue weighted by Crippen LogP contribution is -2.53. The topological polar surface area (TPSA) is 75.4 Å². The van der Waals surface area contributed by atoms with E-state index in [9.17, 15) is 4.79 Å². The maximum atomic E-state index is 11.1. The van der Waals surface area contributed by atoms with Crippen LogP contribution in [0.1, 0.15) is 6.92 Å². The van der Waals surface area contributed by atoms with Crippen LogP contribution >= 0.6 is 15.9 Å². The van der Waals surface area contributed by atoms with E-state index in [0.717, 1.165) is 36.6 Å². The van der Waals surface area contributed by atoms with Gasteiger partial charge in [-0.3, -0.25) is 9.69 Å². The van der Waals surface area contributed by atoms with Crippen molar-refractivity contribution in [2.24, 2.45) is 5.73 Å². The van der Waals surface area contributed by atoms with E-state index in [2.05, 4.69) is 35.7 Å². The summed E-state index contributed by atoms with van der Waals surface area (Å²) in [6.07, 6.45) is 3.47. The summed E-state index contributed by atoms with van der Waals surface area (Å²) < 4.78 is 0.868. The van der Waals surface area contributed by atoms with Crippen molar-refractivity contribution >= 4 is 27.8 Å². The van der Waals surface area contributed by atoms with Crippen molar-refractivity contribution in [3.63, 3.8) is 0 Å². The number of nitrogens with two attached hydrogens (primary N) is 1. The van der Waals surface area contributed by atoms with Crippen LogP contribution in [0.5, 0.6) is 0 Å². The Labute approximate surface area is 114 Å². The second-order valence-electron chi connectivity index (χ2n) is 4.30. The molecule has 0 radical (unpaired) electrons. The Hall–Kier alpha value is -1.21. The second kappa shape index (κ2) is 5.62. The Morgan fingerprint density at radius 3 is 2.39 bits per heavy atom. The summed E-state index contributed by atoms with van der Waals surface area (Å²) in [5.74, 6) is 0.452. The minimum absolute atomic E-state index is 0.210. The highest BCUT2D eigenvalue weighted by Gasteiger charge is 2.24. The smallest absolute Gasteiger partial charge is 0.234 e. The third kappa shape index (κ3) is 2.97. The number of anilines is 1. The zero-order valence-corrected chi connectivity index (χ0v) is 11.8. The van der Waals surface area contributed by atoms with Crippen molar-refractivity contribution < 1.29 is 4.79 Å². The first-order valence-corrected chi connectivity index (χ1v) is 6.63. The first-order chi connectivity index (χ1) is 8.58. The molecule has 1 saturated heterocycles. The molecule has 1 fully saturated rings. The SMILES string of the molecule is C[C@H](C(N)=O)N1CCN(c2ncc(Br)cn2)CC1. The van der Waals surface area contributed by atoms with E-state index in [-0.39, 0.29) is 11.9 Å². The predicted molar refractivity (Wildman–Crippen MR) is 72.2 cm³/mol. The van der Waals surface area contributed by atoms with Crippen LogP contribution in [0.3, 0.4) is 0 Å². The lowest BCUT2D eigenvalue weighted by molar-refractivity contribution is -0.122. The fourth-order valence-corrected chi connectivity index (χ4v) is 2.16. The third-order valence-corrected chi connectivity index (χ3v) is 3.57. The highest BCUT2D eigenvalue weighted by molar-refractivity contribution is 9.10. The van der Waals surface area contributed by atoms with Crippen molar-refractivity contribution in [2.75, 3.05) is 31.1 Å². The molecule has 1 amide bonds. The van der Waals surface area contributed by atoms with Gasteiger partial charge in [-0.15, -0.1) is 0 Å². The van der Waals surface area contributed by atoms with E-state index in [1.54, 1.807) is 12.4 Å². The van der Waals surface area contributed by atoms with Crippen LogP contribution in [0.2, 0.25) is 0 Å². The standard InChI is InChI=1S/C11H16BrN5O/c1-8(10(13)18)16-2-4-17(5-3-16)11-14-6-9(12)7-15-11/h6-8H,2-5H2,1H3,(H2,13,18)/t8-/m1/s1. The van der Waals surface area contributed by atoms with Gasteiger partial charge in [0.15, 0.2) is 0 Å². The average molecular weight is 314 g/mol. The van der Waals surface area contributed by atoms with Gasteiger partial charge in [-0.05, 0) is 22.9 Å². The fraction of sp³-hybridized carbons (Fsp3) is 0.545. The van der Waals surface area contributed by atoms with Crippen molar-refractivity contribution in [1.82, 2.24) is 14.9 Å². The predicted octanol–water partition coefficient (Wildman–Crippen LogP) is 0.235. The summed E-state index contributed by atoms with van der Waals surface area (Å²) in [4.78, 5) is 23.8. The third-order valence-electron chi connectivity index (χ3n) is 3.16. The molecule has 0 saturated carbocycles. The highest BCUT2D eigenvalue weighted by atomic mass is 79.9. The molecule has 1 aromatic heterocycles. The molecule has 98 valence electrons. The molecular weight excluding hydrogens is 298 g/mol. The Balaban J connectivity index is 1.94. The molecule has 1 aliphatic heterocycles. The van der Waals surface area contributed by atoms with Gasteiger partial charge >= 0.3 is 0 Å².